The van der Waals surface area contributed by atoms with Crippen LogP contribution in [0, 0.1) is 0 Å². The molecule has 19 heavy (non-hydrogen) atoms. The van der Waals surface area contributed by atoms with Crippen molar-refractivity contribution in [1.82, 2.24) is 4.90 Å². The summed E-state index contributed by atoms with van der Waals surface area (Å²) in [6.07, 6.45) is 0.974. The Morgan fingerprint density at radius 2 is 2.00 bits per heavy atom. The van der Waals surface area contributed by atoms with E-state index in [1.54, 1.807) is 4.90 Å². The molecular formula is C12H22BrNO4S. The Morgan fingerprint density at radius 3 is 2.42 bits per heavy atom. The van der Waals surface area contributed by atoms with E-state index >= 15 is 0 Å². The first kappa shape index (κ1) is 16.9. The van der Waals surface area contributed by atoms with E-state index in [4.69, 9.17) is 4.74 Å². The van der Waals surface area contributed by atoms with Crippen molar-refractivity contribution in [3.05, 3.63) is 0 Å². The molecule has 0 aromatic rings. The minimum Gasteiger partial charge on any atom is -0.368 e. The van der Waals surface area contributed by atoms with Crippen LogP contribution in [0.25, 0.3) is 0 Å². The molecular weight excluding hydrogens is 334 g/mol. The minimum atomic E-state index is -3.46. The largest absolute Gasteiger partial charge is 0.368 e. The molecule has 0 aromatic carbocycles. The predicted octanol–water partition coefficient (Wildman–Crippen LogP) is 1.21. The normalized spacial score (nSPS) is 24.3. The van der Waals surface area contributed by atoms with Crippen molar-refractivity contribution < 1.29 is 17.9 Å². The van der Waals surface area contributed by atoms with Crippen molar-refractivity contribution in [3.63, 3.8) is 0 Å². The number of rotatable bonds is 3. The molecule has 1 heterocycles. The number of nitrogens with zero attached hydrogens (tertiary/aromatic N) is 1. The molecule has 0 bridgehead atoms. The second-order valence-electron chi connectivity index (χ2n) is 6.12. The first-order valence-electron chi connectivity index (χ1n) is 6.13. The lowest BCUT2D eigenvalue weighted by molar-refractivity contribution is -0.158. The van der Waals surface area contributed by atoms with E-state index in [1.165, 1.54) is 13.8 Å². The Morgan fingerprint density at radius 1 is 1.47 bits per heavy atom. The van der Waals surface area contributed by atoms with Gasteiger partial charge < -0.3 is 9.64 Å². The van der Waals surface area contributed by atoms with Gasteiger partial charge in [0.25, 0.3) is 0 Å². The number of carbonyl (C=O) groups is 1. The summed E-state index contributed by atoms with van der Waals surface area (Å²) in [5.41, 5.74) is -0.472. The summed E-state index contributed by atoms with van der Waals surface area (Å²) in [6.45, 7) is 7.51. The zero-order chi connectivity index (χ0) is 15.1. The molecule has 0 N–H and O–H groups in total. The summed E-state index contributed by atoms with van der Waals surface area (Å²) >= 11 is 3.35. The highest BCUT2D eigenvalue weighted by molar-refractivity contribution is 9.09. The molecule has 0 radical (unpaired) electrons. The van der Waals surface area contributed by atoms with Gasteiger partial charge in [0.1, 0.15) is 4.75 Å². The average molecular weight is 356 g/mol. The second kappa shape index (κ2) is 5.33. The van der Waals surface area contributed by atoms with Gasteiger partial charge in [0, 0.05) is 24.7 Å². The molecule has 5 nitrogen and oxygen atoms in total. The Hall–Kier alpha value is -0.140. The van der Waals surface area contributed by atoms with Crippen molar-refractivity contribution in [2.75, 3.05) is 24.7 Å². The van der Waals surface area contributed by atoms with E-state index < -0.39 is 20.2 Å². The number of alkyl halides is 1. The molecule has 0 spiro atoms. The van der Waals surface area contributed by atoms with Gasteiger partial charge >= 0.3 is 0 Å². The summed E-state index contributed by atoms with van der Waals surface area (Å²) in [7, 11) is -3.46. The lowest BCUT2D eigenvalue weighted by Gasteiger charge is -2.44. The van der Waals surface area contributed by atoms with Crippen LogP contribution in [0.4, 0.5) is 0 Å². The van der Waals surface area contributed by atoms with E-state index in [0.717, 1.165) is 6.26 Å². The number of amides is 1. The third-order valence-electron chi connectivity index (χ3n) is 3.38. The quantitative estimate of drug-likeness (QED) is 0.713. The van der Waals surface area contributed by atoms with E-state index in [1.807, 2.05) is 13.8 Å². The van der Waals surface area contributed by atoms with Crippen molar-refractivity contribution in [1.29, 1.82) is 0 Å². The van der Waals surface area contributed by atoms with Crippen LogP contribution in [0.1, 0.15) is 27.7 Å². The molecule has 1 unspecified atom stereocenters. The summed E-state index contributed by atoms with van der Waals surface area (Å²) in [6, 6.07) is 0. The highest BCUT2D eigenvalue weighted by atomic mass is 79.9. The number of morpholine rings is 1. The number of halogens is 1. The van der Waals surface area contributed by atoms with E-state index in [-0.39, 0.29) is 12.0 Å². The maximum atomic E-state index is 12.5. The smallest absolute Gasteiger partial charge is 0.243 e. The van der Waals surface area contributed by atoms with Crippen LogP contribution in [0.15, 0.2) is 0 Å². The Balaban J connectivity index is 3.00. The summed E-state index contributed by atoms with van der Waals surface area (Å²) < 4.78 is 27.9. The van der Waals surface area contributed by atoms with Crippen LogP contribution in [-0.4, -0.2) is 60.4 Å². The Bertz CT molecular complexity index is 458. The lowest BCUT2D eigenvalue weighted by atomic mass is 10.0. The number of hydrogen-bond donors (Lipinski definition) is 0. The topological polar surface area (TPSA) is 63.7 Å². The maximum absolute atomic E-state index is 12.5. The molecule has 112 valence electrons. The zero-order valence-electron chi connectivity index (χ0n) is 12.1. The van der Waals surface area contributed by atoms with E-state index in [9.17, 15) is 13.2 Å². The van der Waals surface area contributed by atoms with Crippen molar-refractivity contribution in [2.24, 2.45) is 0 Å². The van der Waals surface area contributed by atoms with Crippen LogP contribution < -0.4 is 0 Å². The van der Waals surface area contributed by atoms with Gasteiger partial charge in [-0.25, -0.2) is 8.42 Å². The molecule has 1 aliphatic rings. The molecule has 1 amide bonds. The minimum absolute atomic E-state index is 0.122. The van der Waals surface area contributed by atoms with Crippen molar-refractivity contribution >= 4 is 31.7 Å². The standard InChI is InChI=1S/C12H22BrNO4S/c1-11(2)8-14(7-9(6-13)18-11)10(15)12(3,4)19(5,16)17/h9H,6-8H2,1-5H3. The van der Waals surface area contributed by atoms with Crippen LogP contribution >= 0.6 is 15.9 Å². The fourth-order valence-electron chi connectivity index (χ4n) is 2.07. The summed E-state index contributed by atoms with van der Waals surface area (Å²) in [5.74, 6) is -0.364. The predicted molar refractivity (Wildman–Crippen MR) is 78.2 cm³/mol. The molecule has 0 aliphatic carbocycles. The molecule has 1 fully saturated rings. The first-order chi connectivity index (χ1) is 8.40. The van der Waals surface area contributed by atoms with Gasteiger partial charge in [-0.3, -0.25) is 4.79 Å². The molecule has 7 heteroatoms. The maximum Gasteiger partial charge on any atom is 0.243 e. The van der Waals surface area contributed by atoms with E-state index in [0.29, 0.717) is 18.4 Å². The van der Waals surface area contributed by atoms with Gasteiger partial charge in [0.05, 0.1) is 11.7 Å². The fourth-order valence-corrected chi connectivity index (χ4v) is 2.85. The van der Waals surface area contributed by atoms with Gasteiger partial charge in [-0.05, 0) is 27.7 Å². The van der Waals surface area contributed by atoms with Crippen LogP contribution in [-0.2, 0) is 19.4 Å². The number of hydrogen-bond acceptors (Lipinski definition) is 4. The average Bonchev–Trinajstić information content (AvgIpc) is 2.24. The van der Waals surface area contributed by atoms with Gasteiger partial charge in [-0.15, -0.1) is 0 Å². The Kier molecular flexibility index (Phi) is 4.75. The van der Waals surface area contributed by atoms with Gasteiger partial charge in [0.2, 0.25) is 5.91 Å². The highest BCUT2D eigenvalue weighted by Gasteiger charge is 2.45. The fraction of sp³-hybridized carbons (Fsp3) is 0.917. The third-order valence-corrected chi connectivity index (χ3v) is 6.13. The molecule has 1 atom stereocenters. The highest BCUT2D eigenvalue weighted by Crippen LogP contribution is 2.26. The number of carbonyl (C=O) groups excluding carboxylic acids is 1. The second-order valence-corrected chi connectivity index (χ2v) is 9.33. The SMILES string of the molecule is CC1(C)CN(C(=O)C(C)(C)S(C)(=O)=O)CC(CBr)O1. The van der Waals surface area contributed by atoms with Crippen LogP contribution in [0.3, 0.4) is 0 Å². The third kappa shape index (κ3) is 3.70. The van der Waals surface area contributed by atoms with Gasteiger partial charge in [-0.2, -0.15) is 0 Å². The molecule has 1 aliphatic heterocycles. The lowest BCUT2D eigenvalue weighted by Crippen LogP contribution is -2.60. The van der Waals surface area contributed by atoms with Crippen molar-refractivity contribution in [2.45, 2.75) is 44.1 Å². The Labute approximate surface area is 123 Å². The molecule has 0 saturated carbocycles. The van der Waals surface area contributed by atoms with E-state index in [2.05, 4.69) is 15.9 Å². The zero-order valence-corrected chi connectivity index (χ0v) is 14.5. The van der Waals surface area contributed by atoms with Crippen molar-refractivity contribution in [3.8, 4) is 0 Å². The van der Waals surface area contributed by atoms with Crippen LogP contribution in [0.2, 0.25) is 0 Å². The molecule has 1 rings (SSSR count). The molecule has 1 saturated heterocycles. The number of ether oxygens (including phenoxy) is 1. The summed E-state index contributed by atoms with van der Waals surface area (Å²) in [5, 5.41) is 0.611. The van der Waals surface area contributed by atoms with Gasteiger partial charge in [-0.1, -0.05) is 15.9 Å². The summed E-state index contributed by atoms with van der Waals surface area (Å²) in [4.78, 5) is 14.1. The van der Waals surface area contributed by atoms with Gasteiger partial charge in [0.15, 0.2) is 9.84 Å². The molecule has 0 aromatic heterocycles. The number of sulfone groups is 1. The monoisotopic (exact) mass is 355 g/mol. The first-order valence-corrected chi connectivity index (χ1v) is 9.15. The van der Waals surface area contributed by atoms with Crippen LogP contribution in [0.5, 0.6) is 0 Å².